The van der Waals surface area contributed by atoms with Crippen molar-refractivity contribution in [1.82, 2.24) is 5.32 Å². The summed E-state index contributed by atoms with van der Waals surface area (Å²) in [7, 11) is 2.96. The van der Waals surface area contributed by atoms with Crippen LogP contribution in [0.2, 0.25) is 5.02 Å². The van der Waals surface area contributed by atoms with E-state index in [1.54, 1.807) is 18.2 Å². The van der Waals surface area contributed by atoms with Crippen LogP contribution in [0.3, 0.4) is 0 Å². The van der Waals surface area contributed by atoms with Crippen LogP contribution in [0.25, 0.3) is 0 Å². The van der Waals surface area contributed by atoms with Crippen LogP contribution < -0.4 is 14.8 Å². The number of ether oxygens (including phenoxy) is 2. The van der Waals surface area contributed by atoms with E-state index >= 15 is 0 Å². The highest BCUT2D eigenvalue weighted by atomic mass is 35.5. The molecule has 1 N–H and O–H groups in total. The first-order valence-corrected chi connectivity index (χ1v) is 7.60. The summed E-state index contributed by atoms with van der Waals surface area (Å²) in [5.74, 6) is 0.492. The molecule has 1 unspecified atom stereocenters. The van der Waals surface area contributed by atoms with E-state index in [-0.39, 0.29) is 11.9 Å². The van der Waals surface area contributed by atoms with Gasteiger partial charge in [-0.1, -0.05) is 23.7 Å². The van der Waals surface area contributed by atoms with E-state index in [0.717, 1.165) is 5.56 Å². The van der Waals surface area contributed by atoms with Crippen molar-refractivity contribution < 1.29 is 14.3 Å². The molecule has 2 rings (SSSR count). The molecule has 6 heteroatoms. The molecule has 1 amide bonds. The Bertz CT molecular complexity index is 782. The Hall–Kier alpha value is -2.71. The second kappa shape index (κ2) is 7.71. The Kier molecular flexibility index (Phi) is 5.67. The molecule has 0 saturated heterocycles. The maximum Gasteiger partial charge on any atom is 0.251 e. The summed E-state index contributed by atoms with van der Waals surface area (Å²) in [6, 6.07) is 12.0. The van der Waals surface area contributed by atoms with Crippen LogP contribution in [0.5, 0.6) is 11.5 Å². The van der Waals surface area contributed by atoms with Crippen LogP contribution >= 0.6 is 11.6 Å². The normalized spacial score (nSPS) is 11.3. The van der Waals surface area contributed by atoms with Crippen molar-refractivity contribution in [1.29, 1.82) is 5.26 Å². The lowest BCUT2D eigenvalue weighted by atomic mass is 10.1. The molecule has 0 spiro atoms. The number of methoxy groups -OCH3 is 2. The van der Waals surface area contributed by atoms with Gasteiger partial charge < -0.3 is 14.8 Å². The highest BCUT2D eigenvalue weighted by Gasteiger charge is 2.17. The predicted octanol–water partition coefficient (Wildman–Crippen LogP) is 3.72. The molecule has 2 aromatic carbocycles. The molecule has 0 aliphatic carbocycles. The van der Waals surface area contributed by atoms with Crippen LogP contribution in [0.15, 0.2) is 36.4 Å². The fourth-order valence-electron chi connectivity index (χ4n) is 2.26. The maximum atomic E-state index is 12.5. The zero-order valence-corrected chi connectivity index (χ0v) is 14.3. The lowest BCUT2D eigenvalue weighted by molar-refractivity contribution is 0.0939. The number of carbonyl (C=O) groups excluding carboxylic acids is 1. The van der Waals surface area contributed by atoms with Crippen molar-refractivity contribution in [3.8, 4) is 17.6 Å². The number of nitrogens with one attached hydrogen (secondary N) is 1. The molecule has 0 radical (unpaired) electrons. The van der Waals surface area contributed by atoms with Gasteiger partial charge in [0.05, 0.1) is 36.9 Å². The molecule has 5 nitrogen and oxygen atoms in total. The molecule has 0 fully saturated rings. The van der Waals surface area contributed by atoms with E-state index < -0.39 is 0 Å². The van der Waals surface area contributed by atoms with Crippen molar-refractivity contribution >= 4 is 17.5 Å². The number of amides is 1. The molecule has 0 aromatic heterocycles. The second-order valence-electron chi connectivity index (χ2n) is 5.12. The number of carbonyl (C=O) groups is 1. The molecule has 0 bridgehead atoms. The summed E-state index contributed by atoms with van der Waals surface area (Å²) in [4.78, 5) is 12.5. The Morgan fingerprint density at radius 2 is 1.88 bits per heavy atom. The first-order chi connectivity index (χ1) is 11.5. The number of halogens is 1. The average molecular weight is 345 g/mol. The van der Waals surface area contributed by atoms with Crippen molar-refractivity contribution in [2.75, 3.05) is 14.2 Å². The molecule has 1 atom stereocenters. The van der Waals surface area contributed by atoms with E-state index in [0.29, 0.717) is 27.6 Å². The number of nitriles is 1. The second-order valence-corrected chi connectivity index (χ2v) is 5.53. The molecule has 0 saturated carbocycles. The first-order valence-electron chi connectivity index (χ1n) is 7.22. The molecular formula is C18H17ClN2O3. The summed E-state index contributed by atoms with van der Waals surface area (Å²) in [5, 5.41) is 12.0. The monoisotopic (exact) mass is 344 g/mol. The minimum Gasteiger partial charge on any atom is -0.493 e. The number of benzene rings is 2. The number of hydrogen-bond acceptors (Lipinski definition) is 4. The third-order valence-corrected chi connectivity index (χ3v) is 3.86. The van der Waals surface area contributed by atoms with Gasteiger partial charge in [-0.2, -0.15) is 5.26 Å². The van der Waals surface area contributed by atoms with Gasteiger partial charge in [-0.15, -0.1) is 0 Å². The summed E-state index contributed by atoms with van der Waals surface area (Å²) < 4.78 is 10.4. The van der Waals surface area contributed by atoms with Gasteiger partial charge in [-0.25, -0.2) is 0 Å². The molecule has 2 aromatic rings. The van der Waals surface area contributed by atoms with Crippen LogP contribution in [0.1, 0.15) is 34.5 Å². The van der Waals surface area contributed by atoms with Crippen LogP contribution in [-0.4, -0.2) is 20.1 Å². The van der Waals surface area contributed by atoms with E-state index in [9.17, 15) is 4.79 Å². The molecule has 0 aliphatic heterocycles. The Morgan fingerprint density at radius 3 is 2.42 bits per heavy atom. The van der Waals surface area contributed by atoms with Gasteiger partial charge in [0.2, 0.25) is 0 Å². The van der Waals surface area contributed by atoms with E-state index in [1.807, 2.05) is 19.1 Å². The lowest BCUT2D eigenvalue weighted by Gasteiger charge is -2.16. The van der Waals surface area contributed by atoms with Crippen LogP contribution in [0.4, 0.5) is 0 Å². The predicted molar refractivity (Wildman–Crippen MR) is 91.6 cm³/mol. The maximum absolute atomic E-state index is 12.5. The summed E-state index contributed by atoms with van der Waals surface area (Å²) in [6.45, 7) is 1.86. The zero-order valence-electron chi connectivity index (χ0n) is 13.6. The van der Waals surface area contributed by atoms with Crippen molar-refractivity contribution in [2.45, 2.75) is 13.0 Å². The minimum absolute atomic E-state index is 0.225. The van der Waals surface area contributed by atoms with Gasteiger partial charge in [0.15, 0.2) is 11.5 Å². The third-order valence-electron chi connectivity index (χ3n) is 3.58. The van der Waals surface area contributed by atoms with E-state index in [2.05, 4.69) is 11.4 Å². The molecule has 0 heterocycles. The Balaban J connectivity index is 2.19. The highest BCUT2D eigenvalue weighted by molar-refractivity contribution is 6.32. The van der Waals surface area contributed by atoms with Crippen LogP contribution in [-0.2, 0) is 0 Å². The van der Waals surface area contributed by atoms with Crippen molar-refractivity contribution in [3.05, 3.63) is 58.1 Å². The first kappa shape index (κ1) is 17.6. The number of hydrogen-bond donors (Lipinski definition) is 1. The fraction of sp³-hybridized carbons (Fsp3) is 0.222. The average Bonchev–Trinajstić information content (AvgIpc) is 2.60. The quantitative estimate of drug-likeness (QED) is 0.897. The molecular weight excluding hydrogens is 328 g/mol. The molecule has 0 aliphatic rings. The largest absolute Gasteiger partial charge is 0.493 e. The number of rotatable bonds is 5. The van der Waals surface area contributed by atoms with Crippen molar-refractivity contribution in [2.24, 2.45) is 0 Å². The van der Waals surface area contributed by atoms with Gasteiger partial charge in [-0.3, -0.25) is 4.79 Å². The molecule has 124 valence electrons. The number of nitrogens with zero attached hydrogens (tertiary/aromatic N) is 1. The van der Waals surface area contributed by atoms with E-state index in [4.69, 9.17) is 26.3 Å². The Morgan fingerprint density at radius 1 is 1.21 bits per heavy atom. The van der Waals surface area contributed by atoms with E-state index in [1.165, 1.54) is 20.3 Å². The SMILES string of the molecule is COc1cc(C(=O)NC(C)c2ccc(C#N)cc2)cc(Cl)c1OC. The van der Waals surface area contributed by atoms with Gasteiger partial charge >= 0.3 is 0 Å². The van der Waals surface area contributed by atoms with Gasteiger partial charge in [0.25, 0.3) is 5.91 Å². The highest BCUT2D eigenvalue weighted by Crippen LogP contribution is 2.36. The van der Waals surface area contributed by atoms with Gasteiger partial charge in [0, 0.05) is 5.56 Å². The fourth-order valence-corrected chi connectivity index (χ4v) is 2.55. The smallest absolute Gasteiger partial charge is 0.251 e. The lowest BCUT2D eigenvalue weighted by Crippen LogP contribution is -2.26. The Labute approximate surface area is 145 Å². The van der Waals surface area contributed by atoms with Gasteiger partial charge in [-0.05, 0) is 36.8 Å². The topological polar surface area (TPSA) is 71.3 Å². The summed E-state index contributed by atoms with van der Waals surface area (Å²) >= 11 is 6.13. The van der Waals surface area contributed by atoms with Crippen LogP contribution in [0, 0.1) is 11.3 Å². The van der Waals surface area contributed by atoms with Gasteiger partial charge in [0.1, 0.15) is 0 Å². The standard InChI is InChI=1S/C18H17ClN2O3/c1-11(13-6-4-12(10-20)5-7-13)21-18(22)14-8-15(19)17(24-3)16(9-14)23-2/h4-9,11H,1-3H3,(H,21,22). The van der Waals surface area contributed by atoms with Crippen molar-refractivity contribution in [3.63, 3.8) is 0 Å². The summed E-state index contributed by atoms with van der Waals surface area (Å²) in [5.41, 5.74) is 1.84. The third kappa shape index (κ3) is 3.79. The molecule has 24 heavy (non-hydrogen) atoms. The zero-order chi connectivity index (χ0) is 17.7. The minimum atomic E-state index is -0.283. The summed E-state index contributed by atoms with van der Waals surface area (Å²) in [6.07, 6.45) is 0.